The Morgan fingerprint density at radius 2 is 1.82 bits per heavy atom. The first-order chi connectivity index (χ1) is 8.21. The largest absolute Gasteiger partial charge is 0.508 e. The van der Waals surface area contributed by atoms with Crippen molar-refractivity contribution in [3.63, 3.8) is 0 Å². The van der Waals surface area contributed by atoms with Crippen molar-refractivity contribution in [2.75, 3.05) is 11.5 Å². The van der Waals surface area contributed by atoms with Gasteiger partial charge in [0.1, 0.15) is 12.4 Å². The van der Waals surface area contributed by atoms with E-state index in [9.17, 15) is 9.90 Å². The van der Waals surface area contributed by atoms with Crippen LogP contribution < -0.4 is 4.90 Å². The highest BCUT2D eigenvalue weighted by Gasteiger charge is 2.49. The van der Waals surface area contributed by atoms with Crippen molar-refractivity contribution < 1.29 is 14.6 Å². The molecule has 1 heterocycles. The topological polar surface area (TPSA) is 49.8 Å². The van der Waals surface area contributed by atoms with Crippen LogP contribution in [0.5, 0.6) is 5.75 Å². The van der Waals surface area contributed by atoms with Crippen molar-refractivity contribution in [1.29, 1.82) is 0 Å². The van der Waals surface area contributed by atoms with Crippen molar-refractivity contribution in [1.82, 2.24) is 0 Å². The Labute approximate surface area is 99.8 Å². The lowest BCUT2D eigenvalue weighted by Crippen LogP contribution is -2.45. The minimum atomic E-state index is -0.266. The zero-order valence-corrected chi connectivity index (χ0v) is 9.56. The molecule has 4 nitrogen and oxygen atoms in total. The van der Waals surface area contributed by atoms with Gasteiger partial charge >= 0.3 is 6.09 Å². The third-order valence-electron chi connectivity index (χ3n) is 3.76. The molecule has 17 heavy (non-hydrogen) atoms. The summed E-state index contributed by atoms with van der Waals surface area (Å²) in [6.45, 7) is 0.493. The minimum absolute atomic E-state index is 0.145. The van der Waals surface area contributed by atoms with E-state index in [0.717, 1.165) is 31.4 Å². The normalized spacial score (nSPS) is 22.1. The van der Waals surface area contributed by atoms with E-state index in [1.807, 2.05) is 0 Å². The molecule has 4 heteroatoms. The van der Waals surface area contributed by atoms with Crippen LogP contribution in [0.1, 0.15) is 25.7 Å². The first kappa shape index (κ1) is 10.4. The molecule has 0 radical (unpaired) electrons. The molecule has 1 aliphatic carbocycles. The first-order valence-corrected chi connectivity index (χ1v) is 5.97. The summed E-state index contributed by atoms with van der Waals surface area (Å²) in [6, 6.07) is 6.73. The Morgan fingerprint density at radius 1 is 1.18 bits per heavy atom. The molecule has 2 fully saturated rings. The molecule has 1 N–H and O–H groups in total. The SMILES string of the molecule is O=C1OCC2(CCCC2)N1c1ccc(O)cc1. The van der Waals surface area contributed by atoms with Crippen LogP contribution in [-0.2, 0) is 4.74 Å². The molecule has 1 aromatic carbocycles. The van der Waals surface area contributed by atoms with Gasteiger partial charge in [-0.2, -0.15) is 0 Å². The Morgan fingerprint density at radius 3 is 2.47 bits per heavy atom. The van der Waals surface area contributed by atoms with E-state index in [-0.39, 0.29) is 17.4 Å². The van der Waals surface area contributed by atoms with Crippen LogP contribution in [0.4, 0.5) is 10.5 Å². The maximum atomic E-state index is 11.9. The van der Waals surface area contributed by atoms with E-state index < -0.39 is 0 Å². The maximum absolute atomic E-state index is 11.9. The molecule has 1 saturated carbocycles. The van der Waals surface area contributed by atoms with Crippen LogP contribution in [-0.4, -0.2) is 23.3 Å². The Hall–Kier alpha value is -1.71. The number of hydrogen-bond acceptors (Lipinski definition) is 3. The summed E-state index contributed by atoms with van der Waals surface area (Å²) in [6.07, 6.45) is 4.02. The number of anilines is 1. The van der Waals surface area contributed by atoms with E-state index in [4.69, 9.17) is 4.74 Å². The van der Waals surface area contributed by atoms with Gasteiger partial charge in [-0.25, -0.2) is 4.79 Å². The van der Waals surface area contributed by atoms with E-state index in [2.05, 4.69) is 0 Å². The Bertz CT molecular complexity index is 434. The molecule has 3 rings (SSSR count). The van der Waals surface area contributed by atoms with Crippen molar-refractivity contribution in [3.05, 3.63) is 24.3 Å². The maximum Gasteiger partial charge on any atom is 0.415 e. The van der Waals surface area contributed by atoms with E-state index >= 15 is 0 Å². The van der Waals surface area contributed by atoms with Crippen molar-refractivity contribution in [2.45, 2.75) is 31.2 Å². The summed E-state index contributed by atoms with van der Waals surface area (Å²) < 4.78 is 5.21. The van der Waals surface area contributed by atoms with E-state index in [1.54, 1.807) is 29.2 Å². The average Bonchev–Trinajstić information content (AvgIpc) is 2.91. The van der Waals surface area contributed by atoms with Gasteiger partial charge in [-0.1, -0.05) is 12.8 Å². The third kappa shape index (κ3) is 1.55. The number of phenols is 1. The summed E-state index contributed by atoms with van der Waals surface area (Å²) in [5.41, 5.74) is 0.667. The number of aromatic hydroxyl groups is 1. The van der Waals surface area contributed by atoms with E-state index in [0.29, 0.717) is 6.61 Å². The van der Waals surface area contributed by atoms with Gasteiger partial charge in [-0.05, 0) is 37.1 Å². The van der Waals surface area contributed by atoms with Gasteiger partial charge < -0.3 is 9.84 Å². The minimum Gasteiger partial charge on any atom is -0.508 e. The van der Waals surface area contributed by atoms with Crippen LogP contribution in [0.25, 0.3) is 0 Å². The number of ether oxygens (including phenoxy) is 1. The molecule has 0 unspecified atom stereocenters. The second-order valence-corrected chi connectivity index (χ2v) is 4.84. The number of phenolic OH excluding ortho intramolecular Hbond substituents is 1. The lowest BCUT2D eigenvalue weighted by Gasteiger charge is -2.31. The molecule has 2 aliphatic rings. The van der Waals surface area contributed by atoms with Crippen LogP contribution in [0, 0.1) is 0 Å². The zero-order chi connectivity index (χ0) is 11.9. The summed E-state index contributed by atoms with van der Waals surface area (Å²) in [4.78, 5) is 13.6. The predicted octanol–water partition coefficient (Wildman–Crippen LogP) is 2.66. The monoisotopic (exact) mass is 233 g/mol. The van der Waals surface area contributed by atoms with E-state index in [1.165, 1.54) is 0 Å². The number of nitrogens with zero attached hydrogens (tertiary/aromatic N) is 1. The number of amides is 1. The molecule has 0 bridgehead atoms. The Kier molecular flexibility index (Phi) is 2.24. The molecule has 1 spiro atoms. The van der Waals surface area contributed by atoms with Gasteiger partial charge in [-0.15, -0.1) is 0 Å². The van der Waals surface area contributed by atoms with Gasteiger partial charge in [0, 0.05) is 5.69 Å². The zero-order valence-electron chi connectivity index (χ0n) is 9.56. The Balaban J connectivity index is 1.98. The molecule has 1 saturated heterocycles. The third-order valence-corrected chi connectivity index (χ3v) is 3.76. The lowest BCUT2D eigenvalue weighted by molar-refractivity contribution is 0.173. The number of rotatable bonds is 1. The van der Waals surface area contributed by atoms with Crippen molar-refractivity contribution >= 4 is 11.8 Å². The number of carbonyl (C=O) groups excluding carboxylic acids is 1. The lowest BCUT2D eigenvalue weighted by atomic mass is 9.97. The molecule has 0 atom stereocenters. The van der Waals surface area contributed by atoms with Crippen molar-refractivity contribution in [2.24, 2.45) is 0 Å². The number of carbonyl (C=O) groups is 1. The fourth-order valence-electron chi connectivity index (χ4n) is 2.90. The molecule has 0 aromatic heterocycles. The fraction of sp³-hybridized carbons (Fsp3) is 0.462. The predicted molar refractivity (Wildman–Crippen MR) is 63.1 cm³/mol. The van der Waals surface area contributed by atoms with Gasteiger partial charge in [0.15, 0.2) is 0 Å². The molecular formula is C13H15NO3. The highest BCUT2D eigenvalue weighted by atomic mass is 16.6. The highest BCUT2D eigenvalue weighted by Crippen LogP contribution is 2.42. The van der Waals surface area contributed by atoms with Gasteiger partial charge in [0.05, 0.1) is 5.54 Å². The van der Waals surface area contributed by atoms with Gasteiger partial charge in [0.25, 0.3) is 0 Å². The summed E-state index contributed by atoms with van der Waals surface area (Å²) in [7, 11) is 0. The molecule has 1 aliphatic heterocycles. The van der Waals surface area contributed by atoms with Crippen LogP contribution >= 0.6 is 0 Å². The van der Waals surface area contributed by atoms with Crippen LogP contribution in [0.2, 0.25) is 0 Å². The van der Waals surface area contributed by atoms with Gasteiger partial charge in [0.2, 0.25) is 0 Å². The molecular weight excluding hydrogens is 218 g/mol. The molecule has 1 amide bonds. The molecule has 1 aromatic rings. The smallest absolute Gasteiger partial charge is 0.415 e. The van der Waals surface area contributed by atoms with Crippen molar-refractivity contribution in [3.8, 4) is 5.75 Å². The van der Waals surface area contributed by atoms with Crippen LogP contribution in [0.15, 0.2) is 24.3 Å². The second kappa shape index (κ2) is 3.65. The summed E-state index contributed by atoms with van der Waals surface area (Å²) in [5.74, 6) is 0.210. The fourth-order valence-corrected chi connectivity index (χ4v) is 2.90. The van der Waals surface area contributed by atoms with Crippen LogP contribution in [0.3, 0.4) is 0 Å². The molecule has 90 valence electrons. The number of hydrogen-bond donors (Lipinski definition) is 1. The summed E-state index contributed by atoms with van der Waals surface area (Å²) in [5, 5.41) is 9.29. The first-order valence-electron chi connectivity index (χ1n) is 5.97. The second-order valence-electron chi connectivity index (χ2n) is 4.84. The number of cyclic esters (lactones) is 1. The highest BCUT2D eigenvalue weighted by molar-refractivity contribution is 5.91. The standard InChI is InChI=1S/C13H15NO3/c15-11-5-3-10(4-6-11)14-12(16)17-9-13(14)7-1-2-8-13/h3-6,15H,1-2,7-9H2. The average molecular weight is 233 g/mol. The van der Waals surface area contributed by atoms with Gasteiger partial charge in [-0.3, -0.25) is 4.90 Å². The quantitative estimate of drug-likeness (QED) is 0.811. The summed E-state index contributed by atoms with van der Waals surface area (Å²) >= 11 is 0. The number of benzene rings is 1.